The maximum Gasteiger partial charge on any atom is 0.220 e. The van der Waals surface area contributed by atoms with E-state index in [1.54, 1.807) is 6.08 Å². The third-order valence-corrected chi connectivity index (χ3v) is 9.45. The zero-order valence-corrected chi connectivity index (χ0v) is 34.1. The van der Waals surface area contributed by atoms with Crippen LogP contribution in [0.25, 0.3) is 0 Å². The minimum atomic E-state index is -1.58. The van der Waals surface area contributed by atoms with E-state index in [9.17, 15) is 30.3 Å². The largest absolute Gasteiger partial charge is 0.394 e. The van der Waals surface area contributed by atoms with Crippen molar-refractivity contribution in [2.24, 2.45) is 0 Å². The van der Waals surface area contributed by atoms with Gasteiger partial charge in [-0.3, -0.25) is 4.79 Å². The van der Waals surface area contributed by atoms with Gasteiger partial charge in [-0.15, -0.1) is 0 Å². The normalized spacial score (nSPS) is 22.2. The molecule has 1 heterocycles. The summed E-state index contributed by atoms with van der Waals surface area (Å²) in [5.74, 6) is -0.207. The second kappa shape index (κ2) is 35.8. The Balaban J connectivity index is 2.33. The van der Waals surface area contributed by atoms with E-state index >= 15 is 0 Å². The van der Waals surface area contributed by atoms with Crippen molar-refractivity contribution in [3.63, 3.8) is 0 Å². The maximum atomic E-state index is 12.9. The molecule has 1 aliphatic heterocycles. The molecule has 9 heteroatoms. The Labute approximate surface area is 333 Å². The first-order chi connectivity index (χ1) is 26.8. The van der Waals surface area contributed by atoms with Crippen LogP contribution in [-0.4, -0.2) is 87.5 Å². The molecule has 0 bridgehead atoms. The van der Waals surface area contributed by atoms with Crippen LogP contribution in [0.5, 0.6) is 0 Å². The highest BCUT2D eigenvalue weighted by Gasteiger charge is 2.44. The van der Waals surface area contributed by atoms with E-state index in [0.717, 1.165) is 83.5 Å². The molecule has 7 unspecified atom stereocenters. The number of hydrogen-bond donors (Lipinski definition) is 6. The lowest BCUT2D eigenvalue weighted by atomic mass is 9.99. The van der Waals surface area contributed by atoms with Crippen LogP contribution in [-0.2, 0) is 14.3 Å². The molecule has 9 nitrogen and oxygen atoms in total. The fourth-order valence-electron chi connectivity index (χ4n) is 6.02. The SMILES string of the molecule is CC/C=C\C/C=C\C/C=C\C/C=C\C/C=C\CCCCCCCCCC(=O)NC(COC1OC(CO)C(O)C(O)C1O)C(O)/C=C/CC/C=C/CCCCC. The van der Waals surface area contributed by atoms with Gasteiger partial charge in [-0.2, -0.15) is 0 Å². The Morgan fingerprint density at radius 3 is 1.75 bits per heavy atom. The average molecular weight is 772 g/mol. The van der Waals surface area contributed by atoms with Crippen LogP contribution >= 0.6 is 0 Å². The molecule has 0 spiro atoms. The molecule has 314 valence electrons. The summed E-state index contributed by atoms with van der Waals surface area (Å²) in [6.45, 7) is 3.55. The van der Waals surface area contributed by atoms with E-state index in [-0.39, 0.29) is 12.5 Å². The third kappa shape index (κ3) is 26.8. The summed E-state index contributed by atoms with van der Waals surface area (Å²) >= 11 is 0. The molecule has 0 radical (unpaired) electrons. The number of carbonyl (C=O) groups excluding carboxylic acids is 1. The van der Waals surface area contributed by atoms with Crippen molar-refractivity contribution in [2.75, 3.05) is 13.2 Å². The second-order valence-electron chi connectivity index (χ2n) is 14.4. The number of amides is 1. The van der Waals surface area contributed by atoms with Gasteiger partial charge >= 0.3 is 0 Å². The van der Waals surface area contributed by atoms with Crippen molar-refractivity contribution in [2.45, 2.75) is 185 Å². The molecule has 0 aromatic carbocycles. The number of ether oxygens (including phenoxy) is 2. The highest BCUT2D eigenvalue weighted by Crippen LogP contribution is 2.22. The molecule has 1 saturated heterocycles. The van der Waals surface area contributed by atoms with Gasteiger partial charge in [-0.1, -0.05) is 144 Å². The van der Waals surface area contributed by atoms with Crippen LogP contribution in [0.2, 0.25) is 0 Å². The molecular formula is C46H77NO8. The molecule has 6 N–H and O–H groups in total. The molecule has 0 aromatic heterocycles. The minimum absolute atomic E-state index is 0.207. The molecule has 55 heavy (non-hydrogen) atoms. The first kappa shape index (κ1) is 50.4. The van der Waals surface area contributed by atoms with E-state index in [1.165, 1.54) is 38.5 Å². The van der Waals surface area contributed by atoms with Crippen LogP contribution in [0.15, 0.2) is 85.1 Å². The molecule has 1 aliphatic rings. The van der Waals surface area contributed by atoms with Gasteiger partial charge in [0, 0.05) is 6.42 Å². The summed E-state index contributed by atoms with van der Waals surface area (Å²) in [6.07, 6.45) is 42.1. The summed E-state index contributed by atoms with van der Waals surface area (Å²) in [6, 6.07) is -0.830. The van der Waals surface area contributed by atoms with Gasteiger partial charge in [0.1, 0.15) is 24.4 Å². The lowest BCUT2D eigenvalue weighted by Gasteiger charge is -2.40. The Bertz CT molecular complexity index is 1130. The number of nitrogens with one attached hydrogen (secondary N) is 1. The molecule has 0 aliphatic carbocycles. The maximum absolute atomic E-state index is 12.9. The predicted octanol–water partition coefficient (Wildman–Crippen LogP) is 8.38. The summed E-state index contributed by atoms with van der Waals surface area (Å²) in [4.78, 5) is 12.9. The monoisotopic (exact) mass is 772 g/mol. The van der Waals surface area contributed by atoms with Crippen LogP contribution in [0.1, 0.15) is 142 Å². The zero-order chi connectivity index (χ0) is 40.2. The Morgan fingerprint density at radius 2 is 1.15 bits per heavy atom. The fourth-order valence-corrected chi connectivity index (χ4v) is 6.02. The van der Waals surface area contributed by atoms with Gasteiger partial charge in [0.25, 0.3) is 0 Å². The number of hydrogen-bond acceptors (Lipinski definition) is 8. The van der Waals surface area contributed by atoms with Gasteiger partial charge in [-0.25, -0.2) is 0 Å². The fraction of sp³-hybridized carbons (Fsp3) is 0.674. The van der Waals surface area contributed by atoms with Crippen LogP contribution in [0.3, 0.4) is 0 Å². The summed E-state index contributed by atoms with van der Waals surface area (Å²) in [5, 5.41) is 53.9. The Morgan fingerprint density at radius 1 is 0.636 bits per heavy atom. The highest BCUT2D eigenvalue weighted by atomic mass is 16.7. The third-order valence-electron chi connectivity index (χ3n) is 9.45. The van der Waals surface area contributed by atoms with Crippen molar-refractivity contribution in [1.82, 2.24) is 5.32 Å². The van der Waals surface area contributed by atoms with Crippen molar-refractivity contribution in [3.05, 3.63) is 85.1 Å². The van der Waals surface area contributed by atoms with Crippen molar-refractivity contribution in [1.29, 1.82) is 0 Å². The second-order valence-corrected chi connectivity index (χ2v) is 14.4. The van der Waals surface area contributed by atoms with Gasteiger partial charge in [0.2, 0.25) is 5.91 Å². The topological polar surface area (TPSA) is 149 Å². The van der Waals surface area contributed by atoms with Crippen LogP contribution in [0, 0.1) is 0 Å². The Kier molecular flexibility index (Phi) is 32.8. The van der Waals surface area contributed by atoms with Crippen molar-refractivity contribution >= 4 is 5.91 Å². The zero-order valence-electron chi connectivity index (χ0n) is 34.1. The molecule has 0 saturated carbocycles. The standard InChI is InChI=1S/C46H77NO8/c1-3-5-7-9-11-13-14-15-16-17-18-19-20-21-22-23-24-25-26-28-30-32-34-36-42(50)47-39(40(49)35-33-31-29-27-12-10-8-6-4-2)38-54-46-45(53)44(52)43(51)41(37-48)55-46/h5,7,11-13,15-16,18-19,21-22,27,33,35,39-41,43-46,48-49,51-53H,3-4,6,8-10,14,17,20,23-26,28-32,34,36-38H2,1-2H3,(H,47,50)/b7-5-,13-11-,16-15-,19-18-,22-21-,27-12+,35-33+. The summed E-state index contributed by atoms with van der Waals surface area (Å²) in [5.41, 5.74) is 0. The number of allylic oxidation sites excluding steroid dienone is 13. The van der Waals surface area contributed by atoms with Gasteiger partial charge in [0.05, 0.1) is 25.4 Å². The van der Waals surface area contributed by atoms with E-state index in [4.69, 9.17) is 9.47 Å². The number of unbranched alkanes of at least 4 members (excludes halogenated alkanes) is 11. The number of aliphatic hydroxyl groups is 5. The minimum Gasteiger partial charge on any atom is -0.394 e. The molecule has 7 atom stereocenters. The molecule has 1 amide bonds. The molecule has 0 aromatic rings. The van der Waals surface area contributed by atoms with Crippen molar-refractivity contribution < 1.29 is 39.8 Å². The highest BCUT2D eigenvalue weighted by molar-refractivity contribution is 5.76. The number of rotatable bonds is 33. The van der Waals surface area contributed by atoms with Crippen LogP contribution < -0.4 is 5.32 Å². The number of aliphatic hydroxyl groups excluding tert-OH is 5. The van der Waals surface area contributed by atoms with E-state index in [2.05, 4.69) is 92.1 Å². The molecule has 1 rings (SSSR count). The van der Waals surface area contributed by atoms with E-state index in [1.807, 2.05) is 6.08 Å². The predicted molar refractivity (Wildman–Crippen MR) is 225 cm³/mol. The van der Waals surface area contributed by atoms with Crippen LogP contribution in [0.4, 0.5) is 0 Å². The first-order valence-electron chi connectivity index (χ1n) is 21.3. The van der Waals surface area contributed by atoms with Gasteiger partial charge in [0.15, 0.2) is 6.29 Å². The Hall–Kier alpha value is -2.63. The first-order valence-corrected chi connectivity index (χ1v) is 21.3. The van der Waals surface area contributed by atoms with Gasteiger partial charge in [-0.05, 0) is 77.0 Å². The summed E-state index contributed by atoms with van der Waals surface area (Å²) in [7, 11) is 0. The molecule has 1 fully saturated rings. The number of carbonyl (C=O) groups is 1. The summed E-state index contributed by atoms with van der Waals surface area (Å²) < 4.78 is 11.1. The molecular weight excluding hydrogens is 695 g/mol. The van der Waals surface area contributed by atoms with Gasteiger partial charge < -0.3 is 40.3 Å². The smallest absolute Gasteiger partial charge is 0.220 e. The average Bonchev–Trinajstić information content (AvgIpc) is 3.18. The lowest BCUT2D eigenvalue weighted by Crippen LogP contribution is -2.60. The van der Waals surface area contributed by atoms with Crippen molar-refractivity contribution in [3.8, 4) is 0 Å². The van der Waals surface area contributed by atoms with E-state index in [0.29, 0.717) is 6.42 Å². The van der Waals surface area contributed by atoms with E-state index < -0.39 is 49.5 Å². The quantitative estimate of drug-likeness (QED) is 0.0288. The lowest BCUT2D eigenvalue weighted by molar-refractivity contribution is -0.302.